The van der Waals surface area contributed by atoms with E-state index in [1.165, 1.54) is 31.4 Å². The molecule has 0 aliphatic heterocycles. The van der Waals surface area contributed by atoms with Crippen LogP contribution in [0.25, 0.3) is 0 Å². The molecule has 0 aromatic carbocycles. The molecule has 0 fully saturated rings. The predicted octanol–water partition coefficient (Wildman–Crippen LogP) is 3.98. The van der Waals surface area contributed by atoms with Gasteiger partial charge in [0, 0.05) is 12.2 Å². The lowest BCUT2D eigenvalue weighted by Gasteiger charge is -2.08. The second kappa shape index (κ2) is 6.65. The first kappa shape index (κ1) is 12.3. The number of aromatic nitrogens is 2. The molecule has 1 aromatic rings. The molecule has 1 atom stereocenters. The molecular formula is C13H24N2. The average molecular weight is 208 g/mol. The van der Waals surface area contributed by atoms with E-state index in [1.54, 1.807) is 0 Å². The number of unbranched alkanes of at least 4 members (excludes halogenated alkanes) is 3. The second-order valence-corrected chi connectivity index (χ2v) is 4.36. The van der Waals surface area contributed by atoms with Crippen LogP contribution in [0.1, 0.15) is 64.6 Å². The zero-order valence-electron chi connectivity index (χ0n) is 10.4. The van der Waals surface area contributed by atoms with Crippen LogP contribution in [0.2, 0.25) is 0 Å². The Balaban J connectivity index is 2.33. The number of hydrogen-bond donors (Lipinski definition) is 0. The molecule has 86 valence electrons. The Morgan fingerprint density at radius 2 is 2.07 bits per heavy atom. The summed E-state index contributed by atoms with van der Waals surface area (Å²) in [6.45, 7) is 6.67. The molecule has 0 saturated heterocycles. The van der Waals surface area contributed by atoms with Crippen LogP contribution in [0, 0.1) is 0 Å². The molecule has 0 bridgehead atoms. The largest absolute Gasteiger partial charge is 0.270 e. The zero-order valence-corrected chi connectivity index (χ0v) is 10.4. The Labute approximate surface area is 93.7 Å². The van der Waals surface area contributed by atoms with Gasteiger partial charge in [0.15, 0.2) is 0 Å². The van der Waals surface area contributed by atoms with E-state index in [4.69, 9.17) is 0 Å². The molecular weight excluding hydrogens is 184 g/mol. The fraction of sp³-hybridized carbons (Fsp3) is 0.769. The van der Waals surface area contributed by atoms with Gasteiger partial charge in [-0.05, 0) is 32.3 Å². The van der Waals surface area contributed by atoms with Crippen LogP contribution in [0.5, 0.6) is 0 Å². The van der Waals surface area contributed by atoms with Gasteiger partial charge in [0.2, 0.25) is 0 Å². The Hall–Kier alpha value is -0.790. The molecule has 1 heterocycles. The van der Waals surface area contributed by atoms with Gasteiger partial charge < -0.3 is 0 Å². The topological polar surface area (TPSA) is 17.8 Å². The molecule has 0 radical (unpaired) electrons. The summed E-state index contributed by atoms with van der Waals surface area (Å²) < 4.78 is 2.09. The van der Waals surface area contributed by atoms with E-state index in [9.17, 15) is 0 Å². The number of hydrogen-bond acceptors (Lipinski definition) is 1. The minimum Gasteiger partial charge on any atom is -0.270 e. The second-order valence-electron chi connectivity index (χ2n) is 4.36. The first-order chi connectivity index (χ1) is 7.27. The molecule has 0 saturated carbocycles. The zero-order chi connectivity index (χ0) is 11.1. The van der Waals surface area contributed by atoms with Crippen molar-refractivity contribution in [1.82, 2.24) is 9.78 Å². The Kier molecular flexibility index (Phi) is 5.44. The molecule has 0 amide bonds. The molecule has 0 spiro atoms. The van der Waals surface area contributed by atoms with E-state index in [1.807, 2.05) is 0 Å². The Morgan fingerprint density at radius 1 is 1.27 bits per heavy atom. The summed E-state index contributed by atoms with van der Waals surface area (Å²) in [7, 11) is 0. The summed E-state index contributed by atoms with van der Waals surface area (Å²) in [6, 6.07) is 2.70. The number of aryl methyl sites for hydroxylation is 1. The predicted molar refractivity (Wildman–Crippen MR) is 65.1 cm³/mol. The van der Waals surface area contributed by atoms with Crippen LogP contribution in [0.15, 0.2) is 12.3 Å². The van der Waals surface area contributed by atoms with Crippen molar-refractivity contribution in [1.29, 1.82) is 0 Å². The molecule has 15 heavy (non-hydrogen) atoms. The van der Waals surface area contributed by atoms with Crippen molar-refractivity contribution in [2.45, 2.75) is 65.3 Å². The molecule has 2 heteroatoms. The molecule has 0 aliphatic carbocycles. The fourth-order valence-electron chi connectivity index (χ4n) is 1.68. The van der Waals surface area contributed by atoms with E-state index in [0.29, 0.717) is 6.04 Å². The highest BCUT2D eigenvalue weighted by Crippen LogP contribution is 2.11. The maximum Gasteiger partial charge on any atom is 0.0624 e. The summed E-state index contributed by atoms with van der Waals surface area (Å²) in [4.78, 5) is 0. The number of rotatable bonds is 7. The van der Waals surface area contributed by atoms with E-state index in [2.05, 4.69) is 42.8 Å². The van der Waals surface area contributed by atoms with Crippen molar-refractivity contribution in [2.75, 3.05) is 0 Å². The van der Waals surface area contributed by atoms with Crippen molar-refractivity contribution < 1.29 is 0 Å². The lowest BCUT2D eigenvalue weighted by molar-refractivity contribution is 0.472. The van der Waals surface area contributed by atoms with E-state index >= 15 is 0 Å². The fourth-order valence-corrected chi connectivity index (χ4v) is 1.68. The van der Waals surface area contributed by atoms with E-state index in [0.717, 1.165) is 12.8 Å². The van der Waals surface area contributed by atoms with E-state index < -0.39 is 0 Å². The quantitative estimate of drug-likeness (QED) is 0.620. The van der Waals surface area contributed by atoms with Crippen LogP contribution < -0.4 is 0 Å². The van der Waals surface area contributed by atoms with E-state index in [-0.39, 0.29) is 0 Å². The molecule has 1 aromatic heterocycles. The van der Waals surface area contributed by atoms with Gasteiger partial charge in [-0.1, -0.05) is 33.1 Å². The monoisotopic (exact) mass is 208 g/mol. The Morgan fingerprint density at radius 3 is 2.73 bits per heavy atom. The highest BCUT2D eigenvalue weighted by atomic mass is 15.3. The third-order valence-corrected chi connectivity index (χ3v) is 2.99. The van der Waals surface area contributed by atoms with Crippen LogP contribution >= 0.6 is 0 Å². The van der Waals surface area contributed by atoms with Gasteiger partial charge in [-0.15, -0.1) is 0 Å². The third kappa shape index (κ3) is 4.06. The molecule has 1 unspecified atom stereocenters. The maximum absolute atomic E-state index is 4.60. The summed E-state index contributed by atoms with van der Waals surface area (Å²) in [5, 5.41) is 4.60. The lowest BCUT2D eigenvalue weighted by atomic mass is 10.1. The van der Waals surface area contributed by atoms with Gasteiger partial charge in [0.05, 0.1) is 5.69 Å². The highest BCUT2D eigenvalue weighted by Gasteiger charge is 2.03. The lowest BCUT2D eigenvalue weighted by Crippen LogP contribution is -2.04. The summed E-state index contributed by atoms with van der Waals surface area (Å²) >= 11 is 0. The SMILES string of the molecule is CCCCCCc1ccn(C(C)CC)n1. The smallest absolute Gasteiger partial charge is 0.0624 e. The van der Waals surface area contributed by atoms with Crippen molar-refractivity contribution >= 4 is 0 Å². The minimum atomic E-state index is 0.536. The summed E-state index contributed by atoms with van der Waals surface area (Å²) in [6.07, 6.45) is 9.69. The first-order valence-corrected chi connectivity index (χ1v) is 6.32. The third-order valence-electron chi connectivity index (χ3n) is 2.99. The maximum atomic E-state index is 4.60. The highest BCUT2D eigenvalue weighted by molar-refractivity contribution is 4.99. The van der Waals surface area contributed by atoms with Gasteiger partial charge in [0.25, 0.3) is 0 Å². The first-order valence-electron chi connectivity index (χ1n) is 6.32. The van der Waals surface area contributed by atoms with Crippen LogP contribution in [0.3, 0.4) is 0 Å². The molecule has 0 aliphatic rings. The van der Waals surface area contributed by atoms with Crippen molar-refractivity contribution in [3.63, 3.8) is 0 Å². The molecule has 1 rings (SSSR count). The average Bonchev–Trinajstić information content (AvgIpc) is 2.72. The molecule has 0 N–H and O–H groups in total. The molecule has 2 nitrogen and oxygen atoms in total. The standard InChI is InChI=1S/C13H24N2/c1-4-6-7-8-9-13-10-11-15(14-13)12(3)5-2/h10-12H,4-9H2,1-3H3. The van der Waals surface area contributed by atoms with Crippen molar-refractivity contribution in [2.24, 2.45) is 0 Å². The Bertz CT molecular complexity index is 265. The van der Waals surface area contributed by atoms with Crippen LogP contribution in [-0.2, 0) is 6.42 Å². The minimum absolute atomic E-state index is 0.536. The number of nitrogens with zero attached hydrogens (tertiary/aromatic N) is 2. The normalized spacial score (nSPS) is 13.0. The van der Waals surface area contributed by atoms with Crippen molar-refractivity contribution in [3.8, 4) is 0 Å². The van der Waals surface area contributed by atoms with Gasteiger partial charge >= 0.3 is 0 Å². The summed E-state index contributed by atoms with van der Waals surface area (Å²) in [5.41, 5.74) is 1.26. The van der Waals surface area contributed by atoms with Gasteiger partial charge in [-0.2, -0.15) is 5.10 Å². The summed E-state index contributed by atoms with van der Waals surface area (Å²) in [5.74, 6) is 0. The van der Waals surface area contributed by atoms with Crippen molar-refractivity contribution in [3.05, 3.63) is 18.0 Å². The van der Waals surface area contributed by atoms with Gasteiger partial charge in [0.1, 0.15) is 0 Å². The van der Waals surface area contributed by atoms with Crippen LogP contribution in [-0.4, -0.2) is 9.78 Å². The van der Waals surface area contributed by atoms with Gasteiger partial charge in [-0.3, -0.25) is 4.68 Å². The van der Waals surface area contributed by atoms with Gasteiger partial charge in [-0.25, -0.2) is 0 Å². The van der Waals surface area contributed by atoms with Crippen LogP contribution in [0.4, 0.5) is 0 Å².